The molecule has 40 heavy (non-hydrogen) atoms. The molecule has 3 aliphatic rings. The quantitative estimate of drug-likeness (QED) is 0.472. The van der Waals surface area contributed by atoms with Crippen molar-refractivity contribution < 1.29 is 22.7 Å². The zero-order valence-electron chi connectivity index (χ0n) is 23.4. The first-order valence-electron chi connectivity index (χ1n) is 13.6. The van der Waals surface area contributed by atoms with Crippen LogP contribution in [0.1, 0.15) is 33.3 Å². The summed E-state index contributed by atoms with van der Waals surface area (Å²) >= 11 is 0. The monoisotopic (exact) mass is 561 g/mol. The summed E-state index contributed by atoms with van der Waals surface area (Å²) in [7, 11) is 0. The molecule has 1 fully saturated rings. The van der Waals surface area contributed by atoms with Crippen LogP contribution in [-0.2, 0) is 4.79 Å². The van der Waals surface area contributed by atoms with Gasteiger partial charge >= 0.3 is 6.36 Å². The fraction of sp³-hybridized carbons (Fsp3) is 0.536. The average molecular weight is 562 g/mol. The Hall–Kier alpha value is -3.22. The van der Waals surface area contributed by atoms with Gasteiger partial charge in [-0.3, -0.25) is 24.9 Å². The summed E-state index contributed by atoms with van der Waals surface area (Å²) in [4.78, 5) is 30.5. The zero-order chi connectivity index (χ0) is 28.9. The number of fused-ring (bicyclic) bond motifs is 1. The van der Waals surface area contributed by atoms with Gasteiger partial charge in [0.15, 0.2) is 5.84 Å². The third-order valence-electron chi connectivity index (χ3n) is 7.19. The molecule has 218 valence electrons. The minimum atomic E-state index is -4.76. The molecule has 3 aliphatic heterocycles. The van der Waals surface area contributed by atoms with Crippen LogP contribution in [0.5, 0.6) is 5.75 Å². The van der Waals surface area contributed by atoms with Gasteiger partial charge in [0.05, 0.1) is 18.5 Å². The summed E-state index contributed by atoms with van der Waals surface area (Å²) < 4.78 is 41.6. The Morgan fingerprint density at radius 3 is 2.40 bits per heavy atom. The Labute approximate surface area is 233 Å². The van der Waals surface area contributed by atoms with E-state index in [2.05, 4.69) is 57.5 Å². The van der Waals surface area contributed by atoms with Gasteiger partial charge in [0.2, 0.25) is 5.91 Å². The maximum Gasteiger partial charge on any atom is 0.573 e. The Bertz CT molecular complexity index is 1130. The summed E-state index contributed by atoms with van der Waals surface area (Å²) in [5.41, 5.74) is 1.18. The highest BCUT2D eigenvalue weighted by Crippen LogP contribution is 2.28. The number of rotatable bonds is 10. The first-order chi connectivity index (χ1) is 19.0. The summed E-state index contributed by atoms with van der Waals surface area (Å²) in [5, 5.41) is 3.31. The van der Waals surface area contributed by atoms with E-state index in [0.29, 0.717) is 42.3 Å². The van der Waals surface area contributed by atoms with Gasteiger partial charge in [0, 0.05) is 69.3 Å². The molecule has 0 aromatic heterocycles. The number of nitrogens with zero attached hydrogens (tertiary/aromatic N) is 6. The van der Waals surface area contributed by atoms with Crippen LogP contribution < -0.4 is 10.1 Å². The minimum Gasteiger partial charge on any atom is -0.406 e. The standard InChI is InChI=1S/C28H38F3N7O2/c1-20(2)37(21(3)4)16-13-35-11-14-36(15-12-35)27(39)19-33-25-17-24(34-26-18-32-9-10-38(25)26)22-5-7-23(8-6-22)40-28(29,30)31/h5-10,17-18,20-21,25,33H,11-16,19H2,1-4H3. The predicted molar refractivity (Wildman–Crippen MR) is 150 cm³/mol. The highest BCUT2D eigenvalue weighted by molar-refractivity contribution is 6.31. The summed E-state index contributed by atoms with van der Waals surface area (Å²) in [6, 6.07) is 6.53. The molecule has 12 heteroatoms. The Balaban J connectivity index is 1.33. The van der Waals surface area contributed by atoms with E-state index in [9.17, 15) is 18.0 Å². The third kappa shape index (κ3) is 7.92. The van der Waals surface area contributed by atoms with Gasteiger partial charge in [-0.2, -0.15) is 0 Å². The van der Waals surface area contributed by atoms with Gasteiger partial charge < -0.3 is 14.5 Å². The molecule has 3 heterocycles. The number of hydrogen-bond donors (Lipinski definition) is 1. The highest BCUT2D eigenvalue weighted by atomic mass is 19.4. The van der Waals surface area contributed by atoms with Gasteiger partial charge in [0.25, 0.3) is 0 Å². The molecular weight excluding hydrogens is 523 g/mol. The lowest BCUT2D eigenvalue weighted by Crippen LogP contribution is -2.54. The van der Waals surface area contributed by atoms with Crippen LogP contribution in [0.3, 0.4) is 0 Å². The van der Waals surface area contributed by atoms with E-state index in [-0.39, 0.29) is 24.4 Å². The topological polar surface area (TPSA) is 76.0 Å². The molecule has 0 spiro atoms. The van der Waals surface area contributed by atoms with E-state index in [1.54, 1.807) is 18.6 Å². The largest absolute Gasteiger partial charge is 0.573 e. The average Bonchev–Trinajstić information content (AvgIpc) is 2.91. The van der Waals surface area contributed by atoms with Gasteiger partial charge in [-0.15, -0.1) is 13.2 Å². The molecule has 0 saturated carbocycles. The van der Waals surface area contributed by atoms with Gasteiger partial charge in [-0.25, -0.2) is 4.99 Å². The van der Waals surface area contributed by atoms with Crippen LogP contribution in [0.25, 0.3) is 5.70 Å². The number of halogens is 3. The van der Waals surface area contributed by atoms with Crippen LogP contribution in [-0.4, -0.2) is 108 Å². The van der Waals surface area contributed by atoms with Crippen LogP contribution >= 0.6 is 0 Å². The number of carbonyl (C=O) groups is 1. The number of hydrogen-bond acceptors (Lipinski definition) is 8. The lowest BCUT2D eigenvalue weighted by atomic mass is 10.1. The van der Waals surface area contributed by atoms with Gasteiger partial charge in [-0.05, 0) is 58.0 Å². The number of carbonyl (C=O) groups excluding carboxylic acids is 1. The van der Waals surface area contributed by atoms with Crippen molar-refractivity contribution in [2.75, 3.05) is 45.8 Å². The van der Waals surface area contributed by atoms with E-state index >= 15 is 0 Å². The molecule has 1 N–H and O–H groups in total. The maximum absolute atomic E-state index is 13.1. The van der Waals surface area contributed by atoms with Gasteiger partial charge in [-0.1, -0.05) is 0 Å². The fourth-order valence-corrected chi connectivity index (χ4v) is 5.11. The molecule has 1 unspecified atom stereocenters. The Morgan fingerprint density at radius 1 is 1.10 bits per heavy atom. The van der Waals surface area contributed by atoms with Crippen molar-refractivity contribution in [2.45, 2.75) is 52.3 Å². The minimum absolute atomic E-state index is 0.0213. The summed E-state index contributed by atoms with van der Waals surface area (Å²) in [6.07, 6.45) is 1.70. The van der Waals surface area contributed by atoms with Crippen LogP contribution in [0.15, 0.2) is 52.7 Å². The number of piperazine rings is 1. The lowest BCUT2D eigenvalue weighted by Gasteiger charge is -2.38. The predicted octanol–water partition coefficient (Wildman–Crippen LogP) is 3.37. The molecule has 0 bridgehead atoms. The van der Waals surface area contributed by atoms with Crippen molar-refractivity contribution >= 4 is 23.7 Å². The molecule has 4 rings (SSSR count). The molecule has 1 saturated heterocycles. The first kappa shape index (κ1) is 29.8. The van der Waals surface area contributed by atoms with Crippen molar-refractivity contribution in [2.24, 2.45) is 9.98 Å². The van der Waals surface area contributed by atoms with Crippen LogP contribution in [0, 0.1) is 0 Å². The Morgan fingerprint density at radius 2 is 1.77 bits per heavy atom. The van der Waals surface area contributed by atoms with E-state index in [4.69, 9.17) is 0 Å². The first-order valence-corrected chi connectivity index (χ1v) is 13.6. The molecule has 1 amide bonds. The number of amides is 1. The number of aliphatic imine (C=N–C) groups is 2. The fourth-order valence-electron chi connectivity index (χ4n) is 5.11. The van der Waals surface area contributed by atoms with E-state index in [1.807, 2.05) is 15.9 Å². The second kappa shape index (κ2) is 13.0. The van der Waals surface area contributed by atoms with Crippen molar-refractivity contribution in [3.8, 4) is 5.75 Å². The molecule has 1 aromatic carbocycles. The summed E-state index contributed by atoms with van der Waals surface area (Å²) in [6.45, 7) is 14.1. The van der Waals surface area contributed by atoms with E-state index in [0.717, 1.165) is 26.2 Å². The van der Waals surface area contributed by atoms with Crippen molar-refractivity contribution in [3.05, 3.63) is 48.3 Å². The normalized spacial score (nSPS) is 19.8. The van der Waals surface area contributed by atoms with Crippen molar-refractivity contribution in [3.63, 3.8) is 0 Å². The number of benzene rings is 1. The second-order valence-electron chi connectivity index (χ2n) is 10.6. The summed E-state index contributed by atoms with van der Waals surface area (Å²) in [5.74, 6) is 0.278. The molecule has 9 nitrogen and oxygen atoms in total. The zero-order valence-corrected chi connectivity index (χ0v) is 23.4. The third-order valence-corrected chi connectivity index (χ3v) is 7.19. The number of alkyl halides is 3. The van der Waals surface area contributed by atoms with Gasteiger partial charge in [0.1, 0.15) is 11.9 Å². The van der Waals surface area contributed by atoms with Crippen LogP contribution in [0.4, 0.5) is 13.2 Å². The number of ether oxygens (including phenoxy) is 1. The molecule has 0 aliphatic carbocycles. The second-order valence-corrected chi connectivity index (χ2v) is 10.6. The smallest absolute Gasteiger partial charge is 0.406 e. The molecule has 1 aromatic rings. The van der Waals surface area contributed by atoms with Crippen molar-refractivity contribution in [1.29, 1.82) is 0 Å². The molecule has 0 radical (unpaired) electrons. The van der Waals surface area contributed by atoms with Crippen LogP contribution in [0.2, 0.25) is 0 Å². The molecule has 1 atom stereocenters. The Kier molecular flexibility index (Phi) is 9.64. The lowest BCUT2D eigenvalue weighted by molar-refractivity contribution is -0.274. The maximum atomic E-state index is 13.1. The molecular formula is C28H38F3N7O2. The van der Waals surface area contributed by atoms with E-state index in [1.165, 1.54) is 24.3 Å². The van der Waals surface area contributed by atoms with E-state index < -0.39 is 6.36 Å². The van der Waals surface area contributed by atoms with Crippen molar-refractivity contribution in [1.82, 2.24) is 24.9 Å². The number of amidine groups is 1. The number of nitrogens with one attached hydrogen (secondary N) is 1. The SMILES string of the molecule is CC(C)N(CCN1CCN(C(=O)CNC2C=C(c3ccc(OC(F)(F)F)cc3)N=C3C=NC=CN32)CC1)C(C)C. The highest BCUT2D eigenvalue weighted by Gasteiger charge is 2.31.